The molecule has 2 aromatic heterocycles. The molecule has 0 fully saturated rings. The smallest absolute Gasteiger partial charge is 0.350 e. The lowest BCUT2D eigenvalue weighted by Crippen LogP contribution is -2.02. The Balaban J connectivity index is 1.65. The first kappa shape index (κ1) is 19.9. The van der Waals surface area contributed by atoms with Crippen LogP contribution < -0.4 is 19.8 Å². The molecule has 0 amide bonds. The fourth-order valence-electron chi connectivity index (χ4n) is 4.25. The Labute approximate surface area is 183 Å². The van der Waals surface area contributed by atoms with Crippen molar-refractivity contribution in [3.63, 3.8) is 0 Å². The highest BCUT2D eigenvalue weighted by atomic mass is 32.2. The van der Waals surface area contributed by atoms with Gasteiger partial charge in [-0.25, -0.2) is 4.79 Å². The van der Waals surface area contributed by atoms with Crippen molar-refractivity contribution >= 4 is 33.7 Å². The van der Waals surface area contributed by atoms with E-state index in [2.05, 4.69) is 6.07 Å². The first-order chi connectivity index (χ1) is 14.9. The second-order valence-electron chi connectivity index (χ2n) is 7.59. The molecule has 2 aromatic carbocycles. The quantitative estimate of drug-likeness (QED) is 0.386. The van der Waals surface area contributed by atoms with Crippen molar-refractivity contribution in [2.75, 3.05) is 21.3 Å². The average Bonchev–Trinajstić information content (AvgIpc) is 3.34. The molecule has 3 heterocycles. The Bertz CT molecular complexity index is 1370. The molecular weight excluding hydrogens is 416 g/mol. The number of hydrogen-bond donors (Lipinski definition) is 0. The third-order valence-electron chi connectivity index (χ3n) is 5.97. The molecule has 0 spiro atoms. The standard InChI is InChI=1S/C24H22O6S/c1-11-12(2)29-17-10-18-15(8-14(11)17)16-9-21(31-23(16)24(25)30-18)13-6-19(26-3)22(28-5)20(7-13)27-4/h6-8,10,21H,9H2,1-5H3. The lowest BCUT2D eigenvalue weighted by atomic mass is 9.99. The number of methoxy groups -OCH3 is 3. The molecule has 0 bridgehead atoms. The maximum absolute atomic E-state index is 12.8. The highest BCUT2D eigenvalue weighted by Crippen LogP contribution is 2.50. The Morgan fingerprint density at radius 1 is 0.903 bits per heavy atom. The number of benzene rings is 2. The van der Waals surface area contributed by atoms with Crippen molar-refractivity contribution in [1.29, 1.82) is 0 Å². The van der Waals surface area contributed by atoms with Crippen LogP contribution in [0, 0.1) is 13.8 Å². The molecule has 1 aliphatic heterocycles. The minimum absolute atomic E-state index is 0.0279. The van der Waals surface area contributed by atoms with Crippen LogP contribution in [0.4, 0.5) is 0 Å². The average molecular weight is 439 g/mol. The van der Waals surface area contributed by atoms with E-state index >= 15 is 0 Å². The van der Waals surface area contributed by atoms with Crippen LogP contribution in [0.5, 0.6) is 17.2 Å². The molecule has 0 N–H and O–H groups in total. The molecule has 4 aromatic rings. The van der Waals surface area contributed by atoms with Gasteiger partial charge >= 0.3 is 5.63 Å². The number of ether oxygens (including phenoxy) is 3. The van der Waals surface area contributed by atoms with E-state index in [0.29, 0.717) is 34.1 Å². The summed E-state index contributed by atoms with van der Waals surface area (Å²) >= 11 is 1.52. The van der Waals surface area contributed by atoms with Crippen molar-refractivity contribution < 1.29 is 23.0 Å². The van der Waals surface area contributed by atoms with Crippen molar-refractivity contribution in [1.82, 2.24) is 0 Å². The summed E-state index contributed by atoms with van der Waals surface area (Å²) < 4.78 is 27.9. The van der Waals surface area contributed by atoms with Gasteiger partial charge in [-0.15, -0.1) is 11.8 Å². The van der Waals surface area contributed by atoms with E-state index < -0.39 is 0 Å². The zero-order chi connectivity index (χ0) is 21.9. The summed E-state index contributed by atoms with van der Waals surface area (Å²) in [6.45, 7) is 3.98. The zero-order valence-corrected chi connectivity index (χ0v) is 18.8. The summed E-state index contributed by atoms with van der Waals surface area (Å²) in [5.41, 5.74) is 4.08. The van der Waals surface area contributed by atoms with Crippen LogP contribution in [-0.4, -0.2) is 21.3 Å². The van der Waals surface area contributed by atoms with Crippen molar-refractivity contribution in [2.24, 2.45) is 0 Å². The summed E-state index contributed by atoms with van der Waals surface area (Å²) in [5.74, 6) is 2.61. The number of fused-ring (bicyclic) bond motifs is 4. The predicted molar refractivity (Wildman–Crippen MR) is 120 cm³/mol. The van der Waals surface area contributed by atoms with Gasteiger partial charge in [0, 0.05) is 22.1 Å². The Morgan fingerprint density at radius 2 is 1.58 bits per heavy atom. The summed E-state index contributed by atoms with van der Waals surface area (Å²) in [5, 5.41) is 2.02. The maximum Gasteiger partial charge on any atom is 0.350 e. The summed E-state index contributed by atoms with van der Waals surface area (Å²) in [4.78, 5) is 13.4. The normalized spacial score (nSPS) is 15.5. The van der Waals surface area contributed by atoms with E-state index in [9.17, 15) is 4.79 Å². The second-order valence-corrected chi connectivity index (χ2v) is 8.81. The molecule has 1 aliphatic rings. The van der Waals surface area contributed by atoms with Crippen LogP contribution in [0.2, 0.25) is 0 Å². The third-order valence-corrected chi connectivity index (χ3v) is 7.34. The Morgan fingerprint density at radius 3 is 2.23 bits per heavy atom. The number of aryl methyl sites for hydroxylation is 2. The van der Waals surface area contributed by atoms with Gasteiger partial charge in [0.05, 0.1) is 26.2 Å². The van der Waals surface area contributed by atoms with Gasteiger partial charge < -0.3 is 23.0 Å². The van der Waals surface area contributed by atoms with Crippen LogP contribution in [0.3, 0.4) is 0 Å². The van der Waals surface area contributed by atoms with Crippen molar-refractivity contribution in [3.05, 3.63) is 57.1 Å². The van der Waals surface area contributed by atoms with Gasteiger partial charge in [-0.2, -0.15) is 0 Å². The minimum atomic E-state index is -0.318. The molecule has 0 saturated carbocycles. The van der Waals surface area contributed by atoms with Crippen LogP contribution in [0.1, 0.15) is 27.7 Å². The minimum Gasteiger partial charge on any atom is -0.493 e. The molecule has 5 rings (SSSR count). The molecular formula is C24H22O6S. The van der Waals surface area contributed by atoms with E-state index in [0.717, 1.165) is 38.8 Å². The number of thioether (sulfide) groups is 1. The summed E-state index contributed by atoms with van der Waals surface area (Å²) in [6.07, 6.45) is 0.697. The van der Waals surface area contributed by atoms with E-state index in [1.165, 1.54) is 11.8 Å². The van der Waals surface area contributed by atoms with E-state index in [4.69, 9.17) is 23.0 Å². The predicted octanol–water partition coefficient (Wildman–Crippen LogP) is 5.57. The van der Waals surface area contributed by atoms with Gasteiger partial charge in [0.2, 0.25) is 5.75 Å². The van der Waals surface area contributed by atoms with Gasteiger partial charge in [-0.1, -0.05) is 0 Å². The Hall–Kier alpha value is -3.06. The first-order valence-electron chi connectivity index (χ1n) is 9.91. The van der Waals surface area contributed by atoms with Crippen molar-refractivity contribution in [2.45, 2.75) is 30.4 Å². The van der Waals surface area contributed by atoms with Gasteiger partial charge in [-0.05, 0) is 55.2 Å². The molecule has 1 unspecified atom stereocenters. The van der Waals surface area contributed by atoms with E-state index in [1.807, 2.05) is 32.0 Å². The summed E-state index contributed by atoms with van der Waals surface area (Å²) in [7, 11) is 4.78. The van der Waals surface area contributed by atoms with Gasteiger partial charge in [0.1, 0.15) is 16.9 Å². The molecule has 0 radical (unpaired) electrons. The monoisotopic (exact) mass is 438 g/mol. The van der Waals surface area contributed by atoms with E-state index in [-0.39, 0.29) is 10.9 Å². The van der Waals surface area contributed by atoms with Crippen LogP contribution in [-0.2, 0) is 6.42 Å². The third kappa shape index (κ3) is 2.98. The summed E-state index contributed by atoms with van der Waals surface area (Å²) in [6, 6.07) is 7.78. The van der Waals surface area contributed by atoms with Crippen LogP contribution in [0.15, 0.2) is 42.8 Å². The molecule has 1 atom stereocenters. The number of furan rings is 1. The van der Waals surface area contributed by atoms with Crippen LogP contribution in [0.25, 0.3) is 21.9 Å². The molecule has 6 nitrogen and oxygen atoms in total. The van der Waals surface area contributed by atoms with Crippen molar-refractivity contribution in [3.8, 4) is 17.2 Å². The molecule has 0 saturated heterocycles. The van der Waals surface area contributed by atoms with Gasteiger partial charge in [0.15, 0.2) is 11.5 Å². The maximum atomic E-state index is 12.8. The largest absolute Gasteiger partial charge is 0.493 e. The lowest BCUT2D eigenvalue weighted by Gasteiger charge is -2.16. The molecule has 160 valence electrons. The zero-order valence-electron chi connectivity index (χ0n) is 18.0. The highest BCUT2D eigenvalue weighted by molar-refractivity contribution is 7.99. The lowest BCUT2D eigenvalue weighted by molar-refractivity contribution is 0.324. The Kier molecular flexibility index (Phi) is 4.66. The van der Waals surface area contributed by atoms with E-state index in [1.54, 1.807) is 21.3 Å². The van der Waals surface area contributed by atoms with Gasteiger partial charge in [-0.3, -0.25) is 0 Å². The molecule has 7 heteroatoms. The second kappa shape index (κ2) is 7.27. The molecule has 31 heavy (non-hydrogen) atoms. The fraction of sp³-hybridized carbons (Fsp3) is 0.292. The number of rotatable bonds is 4. The fourth-order valence-corrected chi connectivity index (χ4v) is 5.53. The van der Waals surface area contributed by atoms with Crippen LogP contribution >= 0.6 is 11.8 Å². The first-order valence-corrected chi connectivity index (χ1v) is 10.8. The SMILES string of the molecule is COc1cc(C2Cc3c(c(=O)oc4cc5oc(C)c(C)c5cc34)S2)cc(OC)c1OC. The van der Waals surface area contributed by atoms with Gasteiger partial charge in [0.25, 0.3) is 0 Å². The highest BCUT2D eigenvalue weighted by Gasteiger charge is 2.31. The topological polar surface area (TPSA) is 71.0 Å². The number of hydrogen-bond acceptors (Lipinski definition) is 7. The molecule has 0 aliphatic carbocycles.